The maximum atomic E-state index is 13.5. The second-order valence-corrected chi connectivity index (χ2v) is 11.3. The van der Waals surface area contributed by atoms with Gasteiger partial charge in [-0.1, -0.05) is 23.7 Å². The molecule has 184 valence electrons. The van der Waals surface area contributed by atoms with Crippen LogP contribution in [-0.4, -0.2) is 32.4 Å². The van der Waals surface area contributed by atoms with E-state index in [4.69, 9.17) is 26.3 Å². The highest BCUT2D eigenvalue weighted by atomic mass is 35.5. The van der Waals surface area contributed by atoms with Gasteiger partial charge in [0.1, 0.15) is 20.5 Å². The first kappa shape index (κ1) is 23.9. The minimum absolute atomic E-state index is 0.220. The van der Waals surface area contributed by atoms with Crippen molar-refractivity contribution in [2.75, 3.05) is 6.61 Å². The van der Waals surface area contributed by atoms with Crippen molar-refractivity contribution < 1.29 is 4.74 Å². The number of aryl methyl sites for hydroxylation is 1. The zero-order valence-electron chi connectivity index (χ0n) is 19.6. The third kappa shape index (κ3) is 4.46. The number of ether oxygens (including phenoxy) is 1. The van der Waals surface area contributed by atoms with Gasteiger partial charge in [-0.05, 0) is 48.9 Å². The summed E-state index contributed by atoms with van der Waals surface area (Å²) in [7, 11) is 0. The fourth-order valence-corrected chi connectivity index (χ4v) is 6.61. The lowest BCUT2D eigenvalue weighted by molar-refractivity contribution is 0.327. The van der Waals surface area contributed by atoms with E-state index < -0.39 is 0 Å². The zero-order valence-corrected chi connectivity index (χ0v) is 22.8. The Labute approximate surface area is 228 Å². The van der Waals surface area contributed by atoms with Crippen molar-refractivity contribution in [3.8, 4) is 27.6 Å². The van der Waals surface area contributed by atoms with E-state index in [9.17, 15) is 4.79 Å². The lowest BCUT2D eigenvalue weighted by atomic mass is 10.1. The molecule has 6 heterocycles. The highest BCUT2D eigenvalue weighted by Crippen LogP contribution is 2.41. The molecule has 0 saturated carbocycles. The molecule has 0 saturated heterocycles. The summed E-state index contributed by atoms with van der Waals surface area (Å²) < 4.78 is 7.45. The second kappa shape index (κ2) is 9.79. The molecule has 0 aliphatic carbocycles. The molecule has 0 amide bonds. The van der Waals surface area contributed by atoms with Gasteiger partial charge < -0.3 is 4.74 Å². The van der Waals surface area contributed by atoms with Crippen LogP contribution < -0.4 is 10.3 Å². The number of nitrogens with zero attached hydrogens (tertiary/aromatic N) is 5. The molecule has 7 nitrogen and oxygen atoms in total. The van der Waals surface area contributed by atoms with E-state index >= 15 is 0 Å². The molecule has 0 aromatic carbocycles. The van der Waals surface area contributed by atoms with Crippen LogP contribution in [0.4, 0.5) is 0 Å². The van der Waals surface area contributed by atoms with E-state index in [2.05, 4.69) is 16.2 Å². The molecule has 11 heteroatoms. The molecule has 0 atom stereocenters. The Balaban J connectivity index is 1.60. The molecular formula is C26H18ClN5O2S3. The average Bonchev–Trinajstić information content (AvgIpc) is 3.65. The quantitative estimate of drug-likeness (QED) is 0.159. The largest absolute Gasteiger partial charge is 0.478 e. The monoisotopic (exact) mass is 563 g/mol. The number of hydrogen-bond donors (Lipinski definition) is 0. The first-order chi connectivity index (χ1) is 18.0. The first-order valence-electron chi connectivity index (χ1n) is 11.3. The molecule has 0 fully saturated rings. The molecule has 0 radical (unpaired) electrons. The van der Waals surface area contributed by atoms with Crippen LogP contribution >= 0.6 is 45.6 Å². The van der Waals surface area contributed by atoms with E-state index in [-0.39, 0.29) is 5.56 Å². The number of pyridine rings is 2. The Bertz CT molecular complexity index is 1840. The van der Waals surface area contributed by atoms with Crippen LogP contribution in [0.15, 0.2) is 63.1 Å². The highest BCUT2D eigenvalue weighted by molar-refractivity contribution is 7.25. The van der Waals surface area contributed by atoms with E-state index in [1.807, 2.05) is 48.0 Å². The fourth-order valence-electron chi connectivity index (χ4n) is 4.02. The van der Waals surface area contributed by atoms with Crippen molar-refractivity contribution in [1.82, 2.24) is 19.6 Å². The van der Waals surface area contributed by atoms with E-state index in [1.165, 1.54) is 16.0 Å². The van der Waals surface area contributed by atoms with Crippen molar-refractivity contribution in [2.45, 2.75) is 13.8 Å². The third-order valence-corrected chi connectivity index (χ3v) is 8.56. The zero-order chi connectivity index (χ0) is 25.5. The Morgan fingerprint density at radius 3 is 2.70 bits per heavy atom. The van der Waals surface area contributed by atoms with Gasteiger partial charge in [0.05, 0.1) is 24.0 Å². The number of fused-ring (bicyclic) bond motifs is 3. The van der Waals surface area contributed by atoms with Gasteiger partial charge in [0, 0.05) is 32.3 Å². The summed E-state index contributed by atoms with van der Waals surface area (Å²) >= 11 is 10.8. The van der Waals surface area contributed by atoms with E-state index in [0.717, 1.165) is 26.3 Å². The van der Waals surface area contributed by atoms with Crippen LogP contribution in [0.3, 0.4) is 0 Å². The molecule has 6 aromatic heterocycles. The predicted octanol–water partition coefficient (Wildman–Crippen LogP) is 7.10. The SMILES string of the molecule is CCOc1cc(-c2cc(-c3cccs3)c3c(n2)sc2c(=O)n(/N=C/c4cccs4)c(C)nc23)cc(Cl)n1. The van der Waals surface area contributed by atoms with Crippen molar-refractivity contribution in [3.05, 3.63) is 79.4 Å². The lowest BCUT2D eigenvalue weighted by Crippen LogP contribution is -2.19. The van der Waals surface area contributed by atoms with Gasteiger partial charge in [-0.3, -0.25) is 4.79 Å². The van der Waals surface area contributed by atoms with Gasteiger partial charge in [0.25, 0.3) is 5.56 Å². The minimum atomic E-state index is -0.220. The summed E-state index contributed by atoms with van der Waals surface area (Å²) in [5, 5.41) is 9.59. The van der Waals surface area contributed by atoms with Crippen molar-refractivity contribution >= 4 is 72.3 Å². The summed E-state index contributed by atoms with van der Waals surface area (Å²) in [4.78, 5) is 30.3. The fraction of sp³-hybridized carbons (Fsp3) is 0.115. The number of hydrogen-bond acceptors (Lipinski definition) is 9. The summed E-state index contributed by atoms with van der Waals surface area (Å²) in [5.74, 6) is 0.943. The van der Waals surface area contributed by atoms with Crippen LogP contribution in [0, 0.1) is 6.92 Å². The summed E-state index contributed by atoms with van der Waals surface area (Å²) in [6.45, 7) is 4.16. The Hall–Kier alpha value is -3.44. The third-order valence-electron chi connectivity index (χ3n) is 5.59. The van der Waals surface area contributed by atoms with Crippen molar-refractivity contribution in [2.24, 2.45) is 5.10 Å². The van der Waals surface area contributed by atoms with Gasteiger partial charge in [-0.15, -0.1) is 34.0 Å². The van der Waals surface area contributed by atoms with E-state index in [1.54, 1.807) is 41.9 Å². The highest BCUT2D eigenvalue weighted by Gasteiger charge is 2.21. The normalized spacial score (nSPS) is 11.8. The Morgan fingerprint density at radius 1 is 1.11 bits per heavy atom. The summed E-state index contributed by atoms with van der Waals surface area (Å²) in [6.07, 6.45) is 1.68. The second-order valence-electron chi connectivity index (χ2n) is 7.98. The van der Waals surface area contributed by atoms with Gasteiger partial charge in [-0.25, -0.2) is 15.0 Å². The smallest absolute Gasteiger partial charge is 0.292 e. The van der Waals surface area contributed by atoms with Crippen molar-refractivity contribution in [1.29, 1.82) is 0 Å². The molecule has 37 heavy (non-hydrogen) atoms. The summed E-state index contributed by atoms with van der Waals surface area (Å²) in [6, 6.07) is 13.5. The molecular weight excluding hydrogens is 546 g/mol. The minimum Gasteiger partial charge on any atom is -0.478 e. The number of thiophene rings is 3. The van der Waals surface area contributed by atoms with Crippen LogP contribution in [0.1, 0.15) is 17.6 Å². The van der Waals surface area contributed by atoms with Crippen molar-refractivity contribution in [3.63, 3.8) is 0 Å². The maximum Gasteiger partial charge on any atom is 0.292 e. The number of rotatable bonds is 6. The number of aromatic nitrogens is 4. The van der Waals surface area contributed by atoms with Crippen LogP contribution in [-0.2, 0) is 0 Å². The first-order valence-corrected chi connectivity index (χ1v) is 14.3. The van der Waals surface area contributed by atoms with E-state index in [0.29, 0.717) is 44.2 Å². The van der Waals surface area contributed by atoms with Gasteiger partial charge in [0.2, 0.25) is 5.88 Å². The number of halogens is 1. The van der Waals surface area contributed by atoms with Crippen LogP contribution in [0.25, 0.3) is 42.1 Å². The molecule has 6 rings (SSSR count). The maximum absolute atomic E-state index is 13.5. The standard InChI is InChI=1S/C26H18ClN5O2S3/c1-3-34-21-11-15(10-20(27)31-21)18-12-17(19-7-5-9-36-19)22-23-24(37-25(22)30-18)26(33)32(14(2)29-23)28-13-16-6-4-8-35-16/h4-13H,3H2,1-2H3/b28-13+. The lowest BCUT2D eigenvalue weighted by Gasteiger charge is -2.09. The molecule has 0 spiro atoms. The molecule has 0 bridgehead atoms. The molecule has 0 unspecified atom stereocenters. The van der Waals surface area contributed by atoms with Gasteiger partial charge in [0.15, 0.2) is 0 Å². The van der Waals surface area contributed by atoms with Gasteiger partial charge in [-0.2, -0.15) is 9.78 Å². The molecule has 0 aliphatic rings. The average molecular weight is 564 g/mol. The molecule has 0 N–H and O–H groups in total. The summed E-state index contributed by atoms with van der Waals surface area (Å²) in [5.41, 5.74) is 2.86. The topological polar surface area (TPSA) is 82.3 Å². The van der Waals surface area contributed by atoms with Gasteiger partial charge >= 0.3 is 0 Å². The molecule has 6 aromatic rings. The van der Waals surface area contributed by atoms with Crippen LogP contribution in [0.5, 0.6) is 5.88 Å². The predicted molar refractivity (Wildman–Crippen MR) is 154 cm³/mol. The molecule has 0 aliphatic heterocycles. The Morgan fingerprint density at radius 2 is 1.95 bits per heavy atom. The Kier molecular flexibility index (Phi) is 6.33. The van der Waals surface area contributed by atoms with Crippen LogP contribution in [0.2, 0.25) is 5.15 Å².